The third-order valence-corrected chi connectivity index (χ3v) is 4.55. The standard InChI is InChI=1S/C20H18O3/c1-13(20-22-10-11-23-20)15-8-9-18-16(12-15)7-6-14-4-2-3-5-17(14)19(18)21/h2-9,12-13,20H,10-11H2,1H3. The summed E-state index contributed by atoms with van der Waals surface area (Å²) in [5, 5.41) is 3.42. The number of rotatable bonds is 2. The maximum absolute atomic E-state index is 12.8. The van der Waals surface area contributed by atoms with Crippen molar-refractivity contribution >= 4 is 21.5 Å². The largest absolute Gasteiger partial charge is 0.350 e. The van der Waals surface area contributed by atoms with Crippen LogP contribution < -0.4 is 5.43 Å². The van der Waals surface area contributed by atoms with Crippen LogP contribution in [0.3, 0.4) is 0 Å². The number of hydrogen-bond acceptors (Lipinski definition) is 3. The third-order valence-electron chi connectivity index (χ3n) is 4.55. The van der Waals surface area contributed by atoms with Gasteiger partial charge in [-0.05, 0) is 16.3 Å². The minimum absolute atomic E-state index is 0.0770. The van der Waals surface area contributed by atoms with Crippen LogP contribution in [0.4, 0.5) is 0 Å². The van der Waals surface area contributed by atoms with E-state index in [9.17, 15) is 4.79 Å². The van der Waals surface area contributed by atoms with Gasteiger partial charge in [-0.3, -0.25) is 4.79 Å². The molecule has 3 heteroatoms. The average Bonchev–Trinajstić information content (AvgIpc) is 3.09. The molecule has 0 spiro atoms. The lowest BCUT2D eigenvalue weighted by molar-refractivity contribution is -0.0570. The quantitative estimate of drug-likeness (QED) is 0.722. The molecule has 1 saturated heterocycles. The normalized spacial score (nSPS) is 16.9. The molecule has 3 aromatic carbocycles. The first-order chi connectivity index (χ1) is 11.2. The van der Waals surface area contributed by atoms with Gasteiger partial charge in [0.15, 0.2) is 11.7 Å². The van der Waals surface area contributed by atoms with Gasteiger partial charge in [0.2, 0.25) is 0 Å². The summed E-state index contributed by atoms with van der Waals surface area (Å²) in [6.07, 6.45) is -0.198. The molecule has 23 heavy (non-hydrogen) atoms. The summed E-state index contributed by atoms with van der Waals surface area (Å²) in [4.78, 5) is 12.8. The zero-order chi connectivity index (χ0) is 15.8. The molecule has 1 fully saturated rings. The van der Waals surface area contributed by atoms with Gasteiger partial charge in [-0.15, -0.1) is 0 Å². The van der Waals surface area contributed by atoms with Crippen molar-refractivity contribution in [3.05, 3.63) is 70.4 Å². The highest BCUT2D eigenvalue weighted by Crippen LogP contribution is 2.27. The van der Waals surface area contributed by atoms with E-state index >= 15 is 0 Å². The zero-order valence-corrected chi connectivity index (χ0v) is 13.0. The number of ether oxygens (including phenoxy) is 2. The molecule has 0 saturated carbocycles. The molecule has 0 aliphatic carbocycles. The minimum Gasteiger partial charge on any atom is -0.350 e. The lowest BCUT2D eigenvalue weighted by atomic mass is 9.98. The van der Waals surface area contributed by atoms with Gasteiger partial charge in [-0.25, -0.2) is 0 Å². The van der Waals surface area contributed by atoms with Crippen LogP contribution in [-0.4, -0.2) is 19.5 Å². The van der Waals surface area contributed by atoms with Gasteiger partial charge < -0.3 is 9.47 Å². The Labute approximate surface area is 134 Å². The minimum atomic E-state index is -0.198. The van der Waals surface area contributed by atoms with E-state index in [0.29, 0.717) is 13.2 Å². The van der Waals surface area contributed by atoms with E-state index in [4.69, 9.17) is 9.47 Å². The molecule has 0 bridgehead atoms. The second-order valence-electron chi connectivity index (χ2n) is 6.00. The van der Waals surface area contributed by atoms with Gasteiger partial charge in [0, 0.05) is 16.7 Å². The van der Waals surface area contributed by atoms with E-state index < -0.39 is 0 Å². The van der Waals surface area contributed by atoms with Crippen molar-refractivity contribution in [1.29, 1.82) is 0 Å². The van der Waals surface area contributed by atoms with Gasteiger partial charge in [-0.2, -0.15) is 0 Å². The molecule has 1 unspecified atom stereocenters. The maximum atomic E-state index is 12.8. The fourth-order valence-corrected chi connectivity index (χ4v) is 3.21. The van der Waals surface area contributed by atoms with Gasteiger partial charge >= 0.3 is 0 Å². The Morgan fingerprint density at radius 1 is 0.913 bits per heavy atom. The fourth-order valence-electron chi connectivity index (χ4n) is 3.21. The number of benzene rings is 2. The second-order valence-corrected chi connectivity index (χ2v) is 6.00. The first-order valence-corrected chi connectivity index (χ1v) is 7.93. The molecule has 1 atom stereocenters. The molecule has 3 nitrogen and oxygen atoms in total. The van der Waals surface area contributed by atoms with Crippen molar-refractivity contribution in [3.63, 3.8) is 0 Å². The Morgan fingerprint density at radius 2 is 1.61 bits per heavy atom. The van der Waals surface area contributed by atoms with Crippen LogP contribution in [0.2, 0.25) is 0 Å². The molecule has 0 radical (unpaired) electrons. The van der Waals surface area contributed by atoms with E-state index in [1.807, 2.05) is 48.5 Å². The highest BCUT2D eigenvalue weighted by atomic mass is 16.7. The first kappa shape index (κ1) is 14.4. The molecule has 0 aromatic heterocycles. The Morgan fingerprint density at radius 3 is 2.43 bits per heavy atom. The predicted octanol–water partition coefficient (Wildman–Crippen LogP) is 3.83. The molecule has 1 aliphatic rings. The van der Waals surface area contributed by atoms with Crippen LogP contribution in [0.5, 0.6) is 0 Å². The van der Waals surface area contributed by atoms with Crippen molar-refractivity contribution in [2.45, 2.75) is 19.1 Å². The molecule has 1 aliphatic heterocycles. The van der Waals surface area contributed by atoms with Crippen molar-refractivity contribution in [2.24, 2.45) is 0 Å². The fraction of sp³-hybridized carbons (Fsp3) is 0.250. The summed E-state index contributed by atoms with van der Waals surface area (Å²) in [5.74, 6) is 0.136. The monoisotopic (exact) mass is 306 g/mol. The molecule has 4 rings (SSSR count). The molecular weight excluding hydrogens is 288 g/mol. The van der Waals surface area contributed by atoms with E-state index in [-0.39, 0.29) is 17.6 Å². The van der Waals surface area contributed by atoms with E-state index in [1.165, 1.54) is 0 Å². The van der Waals surface area contributed by atoms with Crippen LogP contribution in [0.1, 0.15) is 18.4 Å². The van der Waals surface area contributed by atoms with Crippen LogP contribution in [0.15, 0.2) is 59.4 Å². The topological polar surface area (TPSA) is 35.5 Å². The predicted molar refractivity (Wildman–Crippen MR) is 91.8 cm³/mol. The van der Waals surface area contributed by atoms with Crippen molar-refractivity contribution < 1.29 is 9.47 Å². The number of hydrogen-bond donors (Lipinski definition) is 0. The Bertz CT molecular complexity index is 927. The van der Waals surface area contributed by atoms with Crippen molar-refractivity contribution in [3.8, 4) is 0 Å². The maximum Gasteiger partial charge on any atom is 0.194 e. The summed E-state index contributed by atoms with van der Waals surface area (Å²) in [5.41, 5.74) is 1.20. The van der Waals surface area contributed by atoms with Gasteiger partial charge in [0.1, 0.15) is 0 Å². The first-order valence-electron chi connectivity index (χ1n) is 7.93. The molecule has 3 aromatic rings. The van der Waals surface area contributed by atoms with Gasteiger partial charge in [0.05, 0.1) is 13.2 Å². The third kappa shape index (κ3) is 2.52. The summed E-state index contributed by atoms with van der Waals surface area (Å²) >= 11 is 0. The van der Waals surface area contributed by atoms with Crippen LogP contribution in [0.25, 0.3) is 21.5 Å². The van der Waals surface area contributed by atoms with Crippen LogP contribution in [-0.2, 0) is 9.47 Å². The summed E-state index contributed by atoms with van der Waals surface area (Å²) in [7, 11) is 0. The smallest absolute Gasteiger partial charge is 0.194 e. The van der Waals surface area contributed by atoms with Gasteiger partial charge in [-0.1, -0.05) is 61.5 Å². The molecular formula is C20H18O3. The molecule has 116 valence electrons. The van der Waals surface area contributed by atoms with E-state index in [0.717, 1.165) is 27.1 Å². The van der Waals surface area contributed by atoms with Crippen molar-refractivity contribution in [2.75, 3.05) is 13.2 Å². The van der Waals surface area contributed by atoms with Crippen LogP contribution >= 0.6 is 0 Å². The molecule has 0 amide bonds. The highest BCUT2D eigenvalue weighted by molar-refractivity contribution is 5.93. The Kier molecular flexibility index (Phi) is 3.60. The van der Waals surface area contributed by atoms with Crippen molar-refractivity contribution in [1.82, 2.24) is 0 Å². The average molecular weight is 306 g/mol. The Hall–Kier alpha value is -2.23. The summed E-state index contributed by atoms with van der Waals surface area (Å²) in [6.45, 7) is 3.38. The number of fused-ring (bicyclic) bond motifs is 2. The lowest BCUT2D eigenvalue weighted by Crippen LogP contribution is -2.16. The van der Waals surface area contributed by atoms with E-state index in [2.05, 4.69) is 13.0 Å². The summed E-state index contributed by atoms with van der Waals surface area (Å²) < 4.78 is 11.2. The lowest BCUT2D eigenvalue weighted by Gasteiger charge is -2.18. The molecule has 0 N–H and O–H groups in total. The van der Waals surface area contributed by atoms with Crippen LogP contribution in [0, 0.1) is 0 Å². The van der Waals surface area contributed by atoms with Gasteiger partial charge in [0.25, 0.3) is 0 Å². The SMILES string of the molecule is CC(c1ccc2c(=O)c3ccccc3ccc2c1)C1OCCO1. The van der Waals surface area contributed by atoms with E-state index in [1.54, 1.807) is 0 Å². The second kappa shape index (κ2) is 5.76. The summed E-state index contributed by atoms with van der Waals surface area (Å²) in [6, 6.07) is 17.7. The Balaban J connectivity index is 1.89. The highest BCUT2D eigenvalue weighted by Gasteiger charge is 2.24. The zero-order valence-electron chi connectivity index (χ0n) is 13.0. The molecule has 1 heterocycles.